The summed E-state index contributed by atoms with van der Waals surface area (Å²) in [5.41, 5.74) is 6.11. The van der Waals surface area contributed by atoms with Gasteiger partial charge in [0.15, 0.2) is 0 Å². The molecule has 0 aliphatic heterocycles. The zero-order valence-corrected chi connectivity index (χ0v) is 20.0. The molecule has 2 atom stereocenters. The second-order valence-corrected chi connectivity index (χ2v) is 9.13. The number of hydrogen-bond donors (Lipinski definition) is 3. The lowest BCUT2D eigenvalue weighted by Crippen LogP contribution is -2.52. The second-order valence-electron chi connectivity index (χ2n) is 9.13. The van der Waals surface area contributed by atoms with Crippen molar-refractivity contribution >= 4 is 23.8 Å². The van der Waals surface area contributed by atoms with Gasteiger partial charge < -0.3 is 26.0 Å². The first kappa shape index (κ1) is 26.9. The van der Waals surface area contributed by atoms with E-state index in [-0.39, 0.29) is 24.8 Å². The minimum absolute atomic E-state index is 0.0236. The van der Waals surface area contributed by atoms with Crippen LogP contribution in [0, 0.1) is 6.92 Å². The highest BCUT2D eigenvalue weighted by Gasteiger charge is 2.34. The number of carbonyl (C=O) groups excluding carboxylic acids is 4. The van der Waals surface area contributed by atoms with E-state index in [2.05, 4.69) is 10.6 Å². The number of nitrogens with one attached hydrogen (secondary N) is 2. The Labute approximate surface area is 190 Å². The number of primary amides is 1. The van der Waals surface area contributed by atoms with Gasteiger partial charge in [-0.05, 0) is 53.5 Å². The first-order valence-electron chi connectivity index (χ1n) is 10.6. The van der Waals surface area contributed by atoms with E-state index >= 15 is 0 Å². The van der Waals surface area contributed by atoms with Crippen LogP contribution in [0.25, 0.3) is 0 Å². The van der Waals surface area contributed by atoms with Crippen molar-refractivity contribution in [3.05, 3.63) is 35.4 Å². The molecule has 0 aromatic heterocycles. The van der Waals surface area contributed by atoms with Crippen LogP contribution in [0.2, 0.25) is 0 Å². The molecule has 0 spiro atoms. The molecule has 1 rings (SSSR count). The van der Waals surface area contributed by atoms with E-state index in [4.69, 9.17) is 10.5 Å². The third-order valence-electron chi connectivity index (χ3n) is 4.48. The third-order valence-corrected chi connectivity index (χ3v) is 4.48. The summed E-state index contributed by atoms with van der Waals surface area (Å²) in [6, 6.07) is 5.11. The average molecular weight is 449 g/mol. The maximum atomic E-state index is 13.4. The largest absolute Gasteiger partial charge is 0.444 e. The summed E-state index contributed by atoms with van der Waals surface area (Å²) < 4.78 is 5.25. The van der Waals surface area contributed by atoms with E-state index in [9.17, 15) is 19.2 Å². The number of hydrogen-bond acceptors (Lipinski definition) is 5. The number of nitrogens with zero attached hydrogens (tertiary/aromatic N) is 1. The van der Waals surface area contributed by atoms with Crippen LogP contribution < -0.4 is 16.4 Å². The molecule has 9 nitrogen and oxygen atoms in total. The number of alkyl carbamates (subject to hydrolysis) is 1. The Hall–Kier alpha value is -3.10. The maximum absolute atomic E-state index is 13.4. The van der Waals surface area contributed by atoms with Crippen molar-refractivity contribution in [2.45, 2.75) is 78.1 Å². The van der Waals surface area contributed by atoms with Crippen LogP contribution in [0.1, 0.15) is 64.6 Å². The van der Waals surface area contributed by atoms with Gasteiger partial charge in [0.05, 0.1) is 0 Å². The number of likely N-dealkylation sites (N-methyl/N-ethyl adjacent to an activating group) is 1. The predicted octanol–water partition coefficient (Wildman–Crippen LogP) is 2.18. The van der Waals surface area contributed by atoms with Gasteiger partial charge in [-0.15, -0.1) is 0 Å². The number of rotatable bonds is 9. The minimum Gasteiger partial charge on any atom is -0.444 e. The summed E-state index contributed by atoms with van der Waals surface area (Å²) in [6.07, 6.45) is -0.940. The molecule has 4 N–H and O–H groups in total. The standard InChI is InChI=1S/C23H36N4O5/c1-14(2)25-20(29)19(16-10-8-15(3)9-11-16)27(7)21(30)17(12-13-18(24)28)26-22(31)32-23(4,5)6/h8-11,14,17,19H,12-13H2,1-7H3,(H2,24,28)(H,25,29)(H,26,31). The van der Waals surface area contributed by atoms with Gasteiger partial charge in [0, 0.05) is 19.5 Å². The van der Waals surface area contributed by atoms with Crippen molar-refractivity contribution < 1.29 is 23.9 Å². The summed E-state index contributed by atoms with van der Waals surface area (Å²) in [5, 5.41) is 5.35. The highest BCUT2D eigenvalue weighted by atomic mass is 16.6. The van der Waals surface area contributed by atoms with Crippen molar-refractivity contribution in [1.82, 2.24) is 15.5 Å². The SMILES string of the molecule is Cc1ccc(C(C(=O)NC(C)C)N(C)C(=O)C(CCC(N)=O)NC(=O)OC(C)(C)C)cc1. The highest BCUT2D eigenvalue weighted by Crippen LogP contribution is 2.22. The van der Waals surface area contributed by atoms with Crippen LogP contribution in [0.15, 0.2) is 24.3 Å². The molecule has 0 fully saturated rings. The summed E-state index contributed by atoms with van der Waals surface area (Å²) in [4.78, 5) is 51.2. The monoisotopic (exact) mass is 448 g/mol. The van der Waals surface area contributed by atoms with Crippen molar-refractivity contribution in [2.75, 3.05) is 7.05 Å². The minimum atomic E-state index is -1.10. The van der Waals surface area contributed by atoms with Crippen LogP contribution in [-0.4, -0.2) is 53.4 Å². The molecule has 0 radical (unpaired) electrons. The maximum Gasteiger partial charge on any atom is 0.408 e. The van der Waals surface area contributed by atoms with Crippen molar-refractivity contribution in [2.24, 2.45) is 5.73 Å². The Morgan fingerprint density at radius 1 is 1.06 bits per heavy atom. The fourth-order valence-electron chi connectivity index (χ4n) is 3.03. The molecular weight excluding hydrogens is 412 g/mol. The van der Waals surface area contributed by atoms with E-state index in [0.29, 0.717) is 5.56 Å². The van der Waals surface area contributed by atoms with Gasteiger partial charge in [-0.3, -0.25) is 14.4 Å². The molecule has 0 aliphatic carbocycles. The number of ether oxygens (including phenoxy) is 1. The molecule has 0 bridgehead atoms. The fourth-order valence-corrected chi connectivity index (χ4v) is 3.03. The second kappa shape index (κ2) is 11.5. The Bertz CT molecular complexity index is 815. The predicted molar refractivity (Wildman–Crippen MR) is 122 cm³/mol. The van der Waals surface area contributed by atoms with Crippen LogP contribution in [0.5, 0.6) is 0 Å². The first-order chi connectivity index (χ1) is 14.7. The van der Waals surface area contributed by atoms with Gasteiger partial charge in [0.1, 0.15) is 17.7 Å². The smallest absolute Gasteiger partial charge is 0.408 e. The molecule has 1 aromatic rings. The van der Waals surface area contributed by atoms with E-state index in [0.717, 1.165) is 5.56 Å². The number of benzene rings is 1. The first-order valence-corrected chi connectivity index (χ1v) is 10.6. The normalized spacial score (nSPS) is 13.1. The van der Waals surface area contributed by atoms with Crippen molar-refractivity contribution in [3.8, 4) is 0 Å². The number of amides is 4. The summed E-state index contributed by atoms with van der Waals surface area (Å²) >= 11 is 0. The lowest BCUT2D eigenvalue weighted by molar-refractivity contribution is -0.141. The molecule has 4 amide bonds. The molecule has 178 valence electrons. The topological polar surface area (TPSA) is 131 Å². The number of carbonyl (C=O) groups is 4. The quantitative estimate of drug-likeness (QED) is 0.533. The van der Waals surface area contributed by atoms with Crippen molar-refractivity contribution in [1.29, 1.82) is 0 Å². The zero-order chi connectivity index (χ0) is 24.6. The van der Waals surface area contributed by atoms with Crippen LogP contribution in [0.3, 0.4) is 0 Å². The average Bonchev–Trinajstić information content (AvgIpc) is 2.64. The molecule has 9 heteroatoms. The Morgan fingerprint density at radius 2 is 1.62 bits per heavy atom. The van der Waals surface area contributed by atoms with Crippen LogP contribution >= 0.6 is 0 Å². The van der Waals surface area contributed by atoms with Crippen molar-refractivity contribution in [3.63, 3.8) is 0 Å². The number of nitrogens with two attached hydrogens (primary N) is 1. The van der Waals surface area contributed by atoms with Gasteiger partial charge >= 0.3 is 6.09 Å². The van der Waals surface area contributed by atoms with Crippen LogP contribution in [0.4, 0.5) is 4.79 Å². The molecule has 0 aliphatic rings. The highest BCUT2D eigenvalue weighted by molar-refractivity contribution is 5.92. The van der Waals surface area contributed by atoms with Gasteiger partial charge in [-0.25, -0.2) is 4.79 Å². The zero-order valence-electron chi connectivity index (χ0n) is 20.0. The van der Waals surface area contributed by atoms with E-state index in [1.165, 1.54) is 11.9 Å². The summed E-state index contributed by atoms with van der Waals surface area (Å²) in [6.45, 7) is 10.7. The molecule has 2 unspecified atom stereocenters. The van der Waals surface area contributed by atoms with Gasteiger partial charge in [-0.2, -0.15) is 0 Å². The fraction of sp³-hybridized carbons (Fsp3) is 0.565. The Balaban J connectivity index is 3.22. The van der Waals surface area contributed by atoms with E-state index in [1.807, 2.05) is 32.9 Å². The van der Waals surface area contributed by atoms with Gasteiger partial charge in [0.2, 0.25) is 17.7 Å². The van der Waals surface area contributed by atoms with Gasteiger partial charge in [0.25, 0.3) is 0 Å². The Morgan fingerprint density at radius 3 is 2.09 bits per heavy atom. The molecule has 0 heterocycles. The lowest BCUT2D eigenvalue weighted by Gasteiger charge is -2.32. The van der Waals surface area contributed by atoms with E-state index in [1.54, 1.807) is 32.9 Å². The van der Waals surface area contributed by atoms with E-state index < -0.39 is 35.6 Å². The molecule has 1 aromatic carbocycles. The molecular formula is C23H36N4O5. The third kappa shape index (κ3) is 8.95. The lowest BCUT2D eigenvalue weighted by atomic mass is 10.0. The number of aryl methyl sites for hydroxylation is 1. The Kier molecular flexibility index (Phi) is 9.68. The molecule has 0 saturated heterocycles. The van der Waals surface area contributed by atoms with Crippen LogP contribution in [-0.2, 0) is 19.1 Å². The summed E-state index contributed by atoms with van der Waals surface area (Å²) in [5.74, 6) is -1.50. The molecule has 0 saturated carbocycles. The summed E-state index contributed by atoms with van der Waals surface area (Å²) in [7, 11) is 1.49. The molecule has 32 heavy (non-hydrogen) atoms. The van der Waals surface area contributed by atoms with Gasteiger partial charge in [-0.1, -0.05) is 29.8 Å².